The molecule has 4 heteroatoms. The standard InChI is InChI=1S/C10H16N4/c1-10(2)4-3-7(5-9(10)11)8-6-12-14-13-8/h5-6,9H,3-4,11H2,1-2H3,(H,12,13,14). The molecule has 3 N–H and O–H groups in total. The van der Waals surface area contributed by atoms with Crippen molar-refractivity contribution in [1.29, 1.82) is 0 Å². The molecule has 1 aromatic heterocycles. The zero-order valence-corrected chi connectivity index (χ0v) is 8.62. The van der Waals surface area contributed by atoms with Crippen LogP contribution in [0.5, 0.6) is 0 Å². The summed E-state index contributed by atoms with van der Waals surface area (Å²) in [7, 11) is 0. The summed E-state index contributed by atoms with van der Waals surface area (Å²) in [5.41, 5.74) is 8.42. The van der Waals surface area contributed by atoms with Crippen LogP contribution >= 0.6 is 0 Å². The van der Waals surface area contributed by atoms with Gasteiger partial charge in [-0.05, 0) is 23.8 Å². The number of aromatic nitrogens is 3. The highest BCUT2D eigenvalue weighted by Gasteiger charge is 2.29. The molecule has 1 atom stereocenters. The lowest BCUT2D eigenvalue weighted by Gasteiger charge is -2.34. The molecule has 14 heavy (non-hydrogen) atoms. The van der Waals surface area contributed by atoms with E-state index in [2.05, 4.69) is 35.3 Å². The molecule has 1 aromatic rings. The molecule has 4 nitrogen and oxygen atoms in total. The van der Waals surface area contributed by atoms with E-state index >= 15 is 0 Å². The maximum absolute atomic E-state index is 6.07. The minimum Gasteiger partial charge on any atom is -0.324 e. The first-order valence-corrected chi connectivity index (χ1v) is 4.92. The first-order valence-electron chi connectivity index (χ1n) is 4.92. The molecule has 0 saturated heterocycles. The molecule has 1 aliphatic rings. The maximum atomic E-state index is 6.07. The van der Waals surface area contributed by atoms with Crippen molar-refractivity contribution in [2.24, 2.45) is 11.1 Å². The van der Waals surface area contributed by atoms with E-state index in [1.165, 1.54) is 5.57 Å². The summed E-state index contributed by atoms with van der Waals surface area (Å²) in [5.74, 6) is 0. The van der Waals surface area contributed by atoms with Crippen LogP contribution in [0.15, 0.2) is 12.3 Å². The van der Waals surface area contributed by atoms with Crippen molar-refractivity contribution in [3.8, 4) is 0 Å². The third-order valence-corrected chi connectivity index (χ3v) is 3.07. The number of nitrogens with zero attached hydrogens (tertiary/aromatic N) is 2. The number of nitrogens with two attached hydrogens (primary N) is 1. The van der Waals surface area contributed by atoms with Crippen molar-refractivity contribution in [2.45, 2.75) is 32.7 Å². The molecule has 76 valence electrons. The number of aromatic amines is 1. The molecule has 0 aliphatic heterocycles. The first kappa shape index (κ1) is 9.40. The Labute approximate surface area is 83.6 Å². The zero-order chi connectivity index (χ0) is 10.2. The van der Waals surface area contributed by atoms with Gasteiger partial charge in [-0.3, -0.25) is 0 Å². The summed E-state index contributed by atoms with van der Waals surface area (Å²) in [6.45, 7) is 4.40. The van der Waals surface area contributed by atoms with Gasteiger partial charge >= 0.3 is 0 Å². The normalized spacial score (nSPS) is 25.9. The van der Waals surface area contributed by atoms with Gasteiger partial charge in [0.25, 0.3) is 0 Å². The second kappa shape index (κ2) is 3.20. The molecule has 0 spiro atoms. The predicted molar refractivity (Wildman–Crippen MR) is 55.4 cm³/mol. The van der Waals surface area contributed by atoms with E-state index < -0.39 is 0 Å². The Bertz CT molecular complexity index is 337. The topological polar surface area (TPSA) is 67.6 Å². The van der Waals surface area contributed by atoms with E-state index in [-0.39, 0.29) is 11.5 Å². The van der Waals surface area contributed by atoms with Crippen molar-refractivity contribution in [2.75, 3.05) is 0 Å². The van der Waals surface area contributed by atoms with Crippen molar-refractivity contribution in [3.63, 3.8) is 0 Å². The summed E-state index contributed by atoms with van der Waals surface area (Å²) in [6, 6.07) is 0.114. The Kier molecular flexibility index (Phi) is 2.15. The third-order valence-electron chi connectivity index (χ3n) is 3.07. The van der Waals surface area contributed by atoms with Crippen LogP contribution < -0.4 is 5.73 Å². The van der Waals surface area contributed by atoms with Crippen LogP contribution in [0.25, 0.3) is 5.57 Å². The van der Waals surface area contributed by atoms with Crippen molar-refractivity contribution >= 4 is 5.57 Å². The van der Waals surface area contributed by atoms with Crippen LogP contribution in [0.4, 0.5) is 0 Å². The van der Waals surface area contributed by atoms with Gasteiger partial charge in [0.1, 0.15) is 5.69 Å². The molecule has 1 unspecified atom stereocenters. The monoisotopic (exact) mass is 192 g/mol. The molecule has 0 amide bonds. The summed E-state index contributed by atoms with van der Waals surface area (Å²) in [5, 5.41) is 10.5. The number of nitrogens with one attached hydrogen (secondary N) is 1. The first-order chi connectivity index (χ1) is 6.59. The van der Waals surface area contributed by atoms with Gasteiger partial charge < -0.3 is 5.73 Å². The smallest absolute Gasteiger partial charge is 0.108 e. The third kappa shape index (κ3) is 1.57. The van der Waals surface area contributed by atoms with Gasteiger partial charge in [-0.2, -0.15) is 15.4 Å². The molecule has 0 fully saturated rings. The molecule has 0 saturated carbocycles. The van der Waals surface area contributed by atoms with Gasteiger partial charge in [-0.15, -0.1) is 0 Å². The number of hydrogen-bond acceptors (Lipinski definition) is 3. The fourth-order valence-corrected chi connectivity index (χ4v) is 1.72. The second-order valence-corrected chi connectivity index (χ2v) is 4.56. The largest absolute Gasteiger partial charge is 0.324 e. The highest BCUT2D eigenvalue weighted by atomic mass is 15.3. The Hall–Kier alpha value is -1.16. The quantitative estimate of drug-likeness (QED) is 0.705. The van der Waals surface area contributed by atoms with E-state index in [4.69, 9.17) is 5.73 Å². The fraction of sp³-hybridized carbons (Fsp3) is 0.600. The van der Waals surface area contributed by atoms with Gasteiger partial charge in [0.15, 0.2) is 0 Å². The van der Waals surface area contributed by atoms with Crippen LogP contribution in [-0.4, -0.2) is 21.5 Å². The van der Waals surface area contributed by atoms with Crippen molar-refractivity contribution in [1.82, 2.24) is 15.4 Å². The van der Waals surface area contributed by atoms with Gasteiger partial charge in [0, 0.05) is 6.04 Å². The molecular weight excluding hydrogens is 176 g/mol. The maximum Gasteiger partial charge on any atom is 0.108 e. The predicted octanol–water partition coefficient (Wildman–Crippen LogP) is 1.34. The van der Waals surface area contributed by atoms with Gasteiger partial charge in [-0.25, -0.2) is 0 Å². The van der Waals surface area contributed by atoms with Crippen LogP contribution in [0.1, 0.15) is 32.4 Å². The SMILES string of the molecule is CC1(C)CCC(c2cn[nH]n2)=CC1N. The lowest BCUT2D eigenvalue weighted by molar-refractivity contribution is 0.292. The van der Waals surface area contributed by atoms with Crippen molar-refractivity contribution < 1.29 is 0 Å². The molecule has 1 heterocycles. The minimum atomic E-state index is 0.114. The zero-order valence-electron chi connectivity index (χ0n) is 8.62. The fourth-order valence-electron chi connectivity index (χ4n) is 1.72. The average Bonchev–Trinajstić information content (AvgIpc) is 2.62. The van der Waals surface area contributed by atoms with E-state index in [0.717, 1.165) is 18.5 Å². The summed E-state index contributed by atoms with van der Waals surface area (Å²) in [6.07, 6.45) is 6.00. The molecule has 2 rings (SSSR count). The Morgan fingerprint density at radius 1 is 1.57 bits per heavy atom. The minimum absolute atomic E-state index is 0.114. The van der Waals surface area contributed by atoms with E-state index in [0.29, 0.717) is 0 Å². The summed E-state index contributed by atoms with van der Waals surface area (Å²) in [4.78, 5) is 0. The van der Waals surface area contributed by atoms with E-state index in [1.54, 1.807) is 6.20 Å². The Morgan fingerprint density at radius 3 is 2.93 bits per heavy atom. The summed E-state index contributed by atoms with van der Waals surface area (Å²) < 4.78 is 0. The van der Waals surface area contributed by atoms with Crippen LogP contribution in [0, 0.1) is 5.41 Å². The van der Waals surface area contributed by atoms with Crippen molar-refractivity contribution in [3.05, 3.63) is 18.0 Å². The van der Waals surface area contributed by atoms with Crippen LogP contribution in [0.2, 0.25) is 0 Å². The summed E-state index contributed by atoms with van der Waals surface area (Å²) >= 11 is 0. The molecule has 1 aliphatic carbocycles. The Morgan fingerprint density at radius 2 is 2.36 bits per heavy atom. The molecule has 0 radical (unpaired) electrons. The van der Waals surface area contributed by atoms with Crippen LogP contribution in [0.3, 0.4) is 0 Å². The lowest BCUT2D eigenvalue weighted by Crippen LogP contribution is -2.38. The molecule has 0 bridgehead atoms. The van der Waals surface area contributed by atoms with Gasteiger partial charge in [0.05, 0.1) is 6.20 Å². The molecule has 0 aromatic carbocycles. The highest BCUT2D eigenvalue weighted by molar-refractivity contribution is 5.63. The Balaban J connectivity index is 2.25. The number of allylic oxidation sites excluding steroid dienone is 1. The van der Waals surface area contributed by atoms with Gasteiger partial charge in [-0.1, -0.05) is 19.9 Å². The highest BCUT2D eigenvalue weighted by Crippen LogP contribution is 2.36. The van der Waals surface area contributed by atoms with Crippen LogP contribution in [-0.2, 0) is 0 Å². The van der Waals surface area contributed by atoms with Gasteiger partial charge in [0.2, 0.25) is 0 Å². The van der Waals surface area contributed by atoms with E-state index in [1.807, 2.05) is 0 Å². The van der Waals surface area contributed by atoms with E-state index in [9.17, 15) is 0 Å². The average molecular weight is 192 g/mol. The number of H-pyrrole nitrogens is 1. The number of rotatable bonds is 1. The number of hydrogen-bond donors (Lipinski definition) is 2. The lowest BCUT2D eigenvalue weighted by atomic mass is 9.74. The molecular formula is C10H16N4. The second-order valence-electron chi connectivity index (χ2n) is 4.56.